The Kier molecular flexibility index (Phi) is 3.98. The highest BCUT2D eigenvalue weighted by Gasteiger charge is 2.10. The van der Waals surface area contributed by atoms with Crippen LogP contribution in [0.4, 0.5) is 4.39 Å². The van der Waals surface area contributed by atoms with Crippen LogP contribution in [0.5, 0.6) is 0 Å². The summed E-state index contributed by atoms with van der Waals surface area (Å²) in [6.07, 6.45) is 1.92. The topological polar surface area (TPSA) is 40.8 Å². The molecule has 1 aromatic carbocycles. The van der Waals surface area contributed by atoms with Gasteiger partial charge in [-0.15, -0.1) is 0 Å². The molecular weight excluding hydrogens is 241 g/mol. The summed E-state index contributed by atoms with van der Waals surface area (Å²) in [4.78, 5) is 0. The van der Waals surface area contributed by atoms with Crippen molar-refractivity contribution in [2.24, 2.45) is 0 Å². The van der Waals surface area contributed by atoms with Crippen LogP contribution < -0.4 is 5.32 Å². The standard InChI is InChI=1S/C15H16FN3/c1-11(18-2)15-4-3-7-19(15)10-13-8-12(9-17)5-6-14(13)16/h3-8,11,18H,10H2,1-2H3. The zero-order valence-electron chi connectivity index (χ0n) is 11.0. The minimum absolute atomic E-state index is 0.192. The molecule has 2 aromatic rings. The third-order valence-corrected chi connectivity index (χ3v) is 3.26. The first kappa shape index (κ1) is 13.3. The van der Waals surface area contributed by atoms with Crippen molar-refractivity contribution in [3.63, 3.8) is 0 Å². The van der Waals surface area contributed by atoms with Crippen LogP contribution >= 0.6 is 0 Å². The molecule has 0 bridgehead atoms. The van der Waals surface area contributed by atoms with Gasteiger partial charge in [-0.1, -0.05) is 0 Å². The lowest BCUT2D eigenvalue weighted by molar-refractivity contribution is 0.567. The molecule has 0 fully saturated rings. The van der Waals surface area contributed by atoms with E-state index in [4.69, 9.17) is 5.26 Å². The molecule has 0 radical (unpaired) electrons. The van der Waals surface area contributed by atoms with Crippen molar-refractivity contribution < 1.29 is 4.39 Å². The first-order valence-corrected chi connectivity index (χ1v) is 6.16. The zero-order chi connectivity index (χ0) is 13.8. The molecular formula is C15H16FN3. The molecule has 1 heterocycles. The van der Waals surface area contributed by atoms with Gasteiger partial charge < -0.3 is 9.88 Å². The molecule has 4 heteroatoms. The lowest BCUT2D eigenvalue weighted by Crippen LogP contribution is -2.17. The Morgan fingerprint density at radius 3 is 2.89 bits per heavy atom. The summed E-state index contributed by atoms with van der Waals surface area (Å²) < 4.78 is 15.8. The Bertz CT molecular complexity index is 610. The smallest absolute Gasteiger partial charge is 0.128 e. The number of aromatic nitrogens is 1. The molecule has 1 unspecified atom stereocenters. The van der Waals surface area contributed by atoms with Gasteiger partial charge in [-0.25, -0.2) is 4.39 Å². The highest BCUT2D eigenvalue weighted by molar-refractivity contribution is 5.34. The Hall–Kier alpha value is -2.12. The first-order valence-electron chi connectivity index (χ1n) is 6.16. The molecule has 1 atom stereocenters. The lowest BCUT2D eigenvalue weighted by atomic mass is 10.1. The average Bonchev–Trinajstić information content (AvgIpc) is 2.88. The lowest BCUT2D eigenvalue weighted by Gasteiger charge is -2.15. The van der Waals surface area contributed by atoms with E-state index in [0.29, 0.717) is 17.7 Å². The number of hydrogen-bond donors (Lipinski definition) is 1. The number of nitriles is 1. The summed E-state index contributed by atoms with van der Waals surface area (Å²) in [5, 5.41) is 12.0. The summed E-state index contributed by atoms with van der Waals surface area (Å²) in [5.41, 5.74) is 2.09. The van der Waals surface area contributed by atoms with E-state index in [0.717, 1.165) is 5.69 Å². The van der Waals surface area contributed by atoms with Crippen LogP contribution in [-0.4, -0.2) is 11.6 Å². The van der Waals surface area contributed by atoms with Gasteiger partial charge in [0.1, 0.15) is 5.82 Å². The van der Waals surface area contributed by atoms with E-state index in [1.165, 1.54) is 12.1 Å². The average molecular weight is 257 g/mol. The van der Waals surface area contributed by atoms with E-state index in [9.17, 15) is 4.39 Å². The van der Waals surface area contributed by atoms with Crippen molar-refractivity contribution in [3.8, 4) is 6.07 Å². The maximum atomic E-state index is 13.8. The first-order chi connectivity index (χ1) is 9.15. The monoisotopic (exact) mass is 257 g/mol. The van der Waals surface area contributed by atoms with Crippen molar-refractivity contribution in [1.82, 2.24) is 9.88 Å². The van der Waals surface area contributed by atoms with E-state index in [1.807, 2.05) is 42.9 Å². The molecule has 0 saturated heterocycles. The number of nitrogens with one attached hydrogen (secondary N) is 1. The van der Waals surface area contributed by atoms with Crippen LogP contribution in [0.25, 0.3) is 0 Å². The van der Waals surface area contributed by atoms with Crippen molar-refractivity contribution in [2.75, 3.05) is 7.05 Å². The second-order valence-corrected chi connectivity index (χ2v) is 4.49. The van der Waals surface area contributed by atoms with Gasteiger partial charge in [0.25, 0.3) is 0 Å². The molecule has 0 amide bonds. The van der Waals surface area contributed by atoms with E-state index >= 15 is 0 Å². The third-order valence-electron chi connectivity index (χ3n) is 3.26. The normalized spacial score (nSPS) is 12.1. The molecule has 1 aromatic heterocycles. The quantitative estimate of drug-likeness (QED) is 0.915. The van der Waals surface area contributed by atoms with Crippen molar-refractivity contribution in [1.29, 1.82) is 5.26 Å². The second kappa shape index (κ2) is 5.68. The molecule has 0 saturated carbocycles. The maximum absolute atomic E-state index is 13.8. The predicted molar refractivity (Wildman–Crippen MR) is 72.1 cm³/mol. The summed E-state index contributed by atoms with van der Waals surface area (Å²) in [6, 6.07) is 10.6. The molecule has 3 nitrogen and oxygen atoms in total. The van der Waals surface area contributed by atoms with Crippen LogP contribution in [0.3, 0.4) is 0 Å². The Balaban J connectivity index is 2.32. The number of nitrogens with zero attached hydrogens (tertiary/aromatic N) is 2. The fraction of sp³-hybridized carbons (Fsp3) is 0.267. The Labute approximate surface area is 112 Å². The predicted octanol–water partition coefficient (Wildman–Crippen LogP) is 2.83. The largest absolute Gasteiger partial charge is 0.345 e. The molecule has 0 aliphatic rings. The van der Waals surface area contributed by atoms with Gasteiger partial charge in [0.2, 0.25) is 0 Å². The summed E-state index contributed by atoms with van der Waals surface area (Å²) in [7, 11) is 1.89. The minimum atomic E-state index is -0.282. The molecule has 0 spiro atoms. The van der Waals surface area contributed by atoms with Gasteiger partial charge in [0.05, 0.1) is 18.2 Å². The highest BCUT2D eigenvalue weighted by Crippen LogP contribution is 2.17. The van der Waals surface area contributed by atoms with E-state index < -0.39 is 0 Å². The van der Waals surface area contributed by atoms with Gasteiger partial charge in [-0.05, 0) is 44.3 Å². The van der Waals surface area contributed by atoms with E-state index in [2.05, 4.69) is 5.32 Å². The van der Waals surface area contributed by atoms with Crippen molar-refractivity contribution in [3.05, 3.63) is 59.2 Å². The highest BCUT2D eigenvalue weighted by atomic mass is 19.1. The van der Waals surface area contributed by atoms with Crippen LogP contribution in [0.1, 0.15) is 29.8 Å². The van der Waals surface area contributed by atoms with Gasteiger partial charge in [0, 0.05) is 23.5 Å². The molecule has 0 aliphatic carbocycles. The Morgan fingerprint density at radius 2 is 2.21 bits per heavy atom. The van der Waals surface area contributed by atoms with Crippen molar-refractivity contribution in [2.45, 2.75) is 19.5 Å². The van der Waals surface area contributed by atoms with Gasteiger partial charge in [-0.2, -0.15) is 5.26 Å². The van der Waals surface area contributed by atoms with Crippen LogP contribution in [-0.2, 0) is 6.54 Å². The number of benzene rings is 1. The number of halogens is 1. The summed E-state index contributed by atoms with van der Waals surface area (Å²) in [5.74, 6) is -0.282. The molecule has 1 N–H and O–H groups in total. The van der Waals surface area contributed by atoms with Gasteiger partial charge >= 0.3 is 0 Å². The summed E-state index contributed by atoms with van der Waals surface area (Å²) >= 11 is 0. The van der Waals surface area contributed by atoms with Crippen LogP contribution in [0, 0.1) is 17.1 Å². The van der Waals surface area contributed by atoms with Crippen LogP contribution in [0.2, 0.25) is 0 Å². The molecule has 2 rings (SSSR count). The van der Waals surface area contributed by atoms with E-state index in [1.54, 1.807) is 6.07 Å². The molecule has 19 heavy (non-hydrogen) atoms. The number of hydrogen-bond acceptors (Lipinski definition) is 2. The number of rotatable bonds is 4. The summed E-state index contributed by atoms with van der Waals surface area (Å²) in [6.45, 7) is 2.48. The fourth-order valence-electron chi connectivity index (χ4n) is 2.06. The Morgan fingerprint density at radius 1 is 1.42 bits per heavy atom. The van der Waals surface area contributed by atoms with Crippen LogP contribution in [0.15, 0.2) is 36.5 Å². The van der Waals surface area contributed by atoms with Crippen molar-refractivity contribution >= 4 is 0 Å². The molecule has 98 valence electrons. The third kappa shape index (κ3) is 2.83. The molecule has 0 aliphatic heterocycles. The van der Waals surface area contributed by atoms with E-state index in [-0.39, 0.29) is 11.9 Å². The SMILES string of the molecule is CNC(C)c1cccn1Cc1cc(C#N)ccc1F. The van der Waals surface area contributed by atoms with Gasteiger partial charge in [0.15, 0.2) is 0 Å². The maximum Gasteiger partial charge on any atom is 0.128 e. The zero-order valence-corrected chi connectivity index (χ0v) is 11.0. The second-order valence-electron chi connectivity index (χ2n) is 4.49. The fourth-order valence-corrected chi connectivity index (χ4v) is 2.06. The van der Waals surface area contributed by atoms with Gasteiger partial charge in [-0.3, -0.25) is 0 Å². The minimum Gasteiger partial charge on any atom is -0.345 e.